The van der Waals surface area contributed by atoms with Gasteiger partial charge in [-0.2, -0.15) is 0 Å². The summed E-state index contributed by atoms with van der Waals surface area (Å²) in [6.07, 6.45) is 4.70. The molecule has 1 atom stereocenters. The molecule has 0 radical (unpaired) electrons. The summed E-state index contributed by atoms with van der Waals surface area (Å²) in [6.45, 7) is 5.17. The van der Waals surface area contributed by atoms with Crippen molar-refractivity contribution >= 4 is 10.9 Å². The summed E-state index contributed by atoms with van der Waals surface area (Å²) in [5.74, 6) is 0.747. The number of hydrogen-bond acceptors (Lipinski definition) is 2. The average Bonchev–Trinajstić information content (AvgIpc) is 2.87. The van der Waals surface area contributed by atoms with Gasteiger partial charge in [-0.3, -0.25) is 0 Å². The molecule has 1 aromatic carbocycles. The normalized spacial score (nSPS) is 18.5. The van der Waals surface area contributed by atoms with Crippen molar-refractivity contribution in [2.45, 2.75) is 32.4 Å². The molecule has 108 valence electrons. The van der Waals surface area contributed by atoms with Crippen molar-refractivity contribution in [3.63, 3.8) is 0 Å². The van der Waals surface area contributed by atoms with Gasteiger partial charge in [0.2, 0.25) is 0 Å². The lowest BCUT2D eigenvalue weighted by Crippen LogP contribution is -2.20. The summed E-state index contributed by atoms with van der Waals surface area (Å²) in [4.78, 5) is 0. The van der Waals surface area contributed by atoms with Crippen molar-refractivity contribution in [2.24, 2.45) is 5.92 Å². The molecule has 1 aliphatic rings. The van der Waals surface area contributed by atoms with Crippen LogP contribution in [0.15, 0.2) is 30.5 Å². The van der Waals surface area contributed by atoms with Crippen LogP contribution in [0.4, 0.5) is 0 Å². The van der Waals surface area contributed by atoms with E-state index in [0.29, 0.717) is 6.04 Å². The van der Waals surface area contributed by atoms with Crippen LogP contribution in [-0.4, -0.2) is 24.8 Å². The minimum Gasteiger partial charge on any atom is -0.381 e. The van der Waals surface area contributed by atoms with E-state index in [1.54, 1.807) is 0 Å². The first-order chi connectivity index (χ1) is 9.79. The van der Waals surface area contributed by atoms with E-state index < -0.39 is 0 Å². The summed E-state index contributed by atoms with van der Waals surface area (Å²) in [6, 6.07) is 9.12. The Morgan fingerprint density at radius 2 is 2.05 bits per heavy atom. The van der Waals surface area contributed by atoms with Gasteiger partial charge in [-0.1, -0.05) is 18.2 Å². The molecule has 2 aromatic rings. The second-order valence-electron chi connectivity index (χ2n) is 5.82. The second kappa shape index (κ2) is 5.98. The molecule has 2 heterocycles. The maximum atomic E-state index is 5.47. The maximum Gasteiger partial charge on any atom is 0.0483 e. The standard InChI is InChI=1S/C17H24N2O/c1-13(18-2)16-12-19(11-14-7-9-20-10-8-14)17-6-4-3-5-15(16)17/h3-6,12-14,18H,7-11H2,1-2H3. The number of benzene rings is 1. The Hall–Kier alpha value is -1.32. The molecule has 0 aliphatic carbocycles. The first kappa shape index (κ1) is 13.7. The van der Waals surface area contributed by atoms with Gasteiger partial charge in [-0.25, -0.2) is 0 Å². The lowest BCUT2D eigenvalue weighted by molar-refractivity contribution is 0.0616. The average molecular weight is 272 g/mol. The van der Waals surface area contributed by atoms with E-state index in [2.05, 4.69) is 47.3 Å². The van der Waals surface area contributed by atoms with Crippen molar-refractivity contribution in [1.82, 2.24) is 9.88 Å². The predicted molar refractivity (Wildman–Crippen MR) is 83.0 cm³/mol. The minimum absolute atomic E-state index is 0.385. The summed E-state index contributed by atoms with van der Waals surface area (Å²) in [5, 5.41) is 4.73. The lowest BCUT2D eigenvalue weighted by Gasteiger charge is -2.22. The first-order valence-corrected chi connectivity index (χ1v) is 7.62. The number of para-hydroxylation sites is 1. The molecule has 0 spiro atoms. The van der Waals surface area contributed by atoms with E-state index in [1.807, 2.05) is 7.05 Å². The van der Waals surface area contributed by atoms with Crippen LogP contribution in [0.3, 0.4) is 0 Å². The van der Waals surface area contributed by atoms with Crippen LogP contribution in [-0.2, 0) is 11.3 Å². The Morgan fingerprint density at radius 1 is 1.30 bits per heavy atom. The number of hydrogen-bond donors (Lipinski definition) is 1. The zero-order chi connectivity index (χ0) is 13.9. The van der Waals surface area contributed by atoms with Gasteiger partial charge in [0.1, 0.15) is 0 Å². The third-order valence-electron chi connectivity index (χ3n) is 4.51. The topological polar surface area (TPSA) is 26.2 Å². The molecule has 20 heavy (non-hydrogen) atoms. The van der Waals surface area contributed by atoms with Crippen LogP contribution in [0.25, 0.3) is 10.9 Å². The first-order valence-electron chi connectivity index (χ1n) is 7.62. The smallest absolute Gasteiger partial charge is 0.0483 e. The fourth-order valence-corrected chi connectivity index (χ4v) is 3.13. The number of nitrogens with one attached hydrogen (secondary N) is 1. The summed E-state index contributed by atoms with van der Waals surface area (Å²) >= 11 is 0. The lowest BCUT2D eigenvalue weighted by atomic mass is 10.0. The quantitative estimate of drug-likeness (QED) is 0.923. The van der Waals surface area contributed by atoms with E-state index in [-0.39, 0.29) is 0 Å². The highest BCUT2D eigenvalue weighted by Gasteiger charge is 2.17. The van der Waals surface area contributed by atoms with Crippen LogP contribution in [0, 0.1) is 5.92 Å². The van der Waals surface area contributed by atoms with Crippen LogP contribution < -0.4 is 5.32 Å². The predicted octanol–water partition coefficient (Wildman–Crippen LogP) is 3.35. The van der Waals surface area contributed by atoms with E-state index in [1.165, 1.54) is 29.3 Å². The van der Waals surface area contributed by atoms with E-state index >= 15 is 0 Å². The second-order valence-corrected chi connectivity index (χ2v) is 5.82. The van der Waals surface area contributed by atoms with Crippen molar-refractivity contribution in [2.75, 3.05) is 20.3 Å². The number of ether oxygens (including phenoxy) is 1. The molecular weight excluding hydrogens is 248 g/mol. The maximum absolute atomic E-state index is 5.47. The highest BCUT2D eigenvalue weighted by atomic mass is 16.5. The van der Waals surface area contributed by atoms with Gasteiger partial charge in [0.05, 0.1) is 0 Å². The Morgan fingerprint density at radius 3 is 2.80 bits per heavy atom. The van der Waals surface area contributed by atoms with Gasteiger partial charge in [0.15, 0.2) is 0 Å². The van der Waals surface area contributed by atoms with Gasteiger partial charge in [0, 0.05) is 42.9 Å². The number of nitrogens with zero attached hydrogens (tertiary/aromatic N) is 1. The summed E-state index contributed by atoms with van der Waals surface area (Å²) < 4.78 is 7.91. The van der Waals surface area contributed by atoms with Crippen LogP contribution >= 0.6 is 0 Å². The van der Waals surface area contributed by atoms with Gasteiger partial charge in [0.25, 0.3) is 0 Å². The monoisotopic (exact) mass is 272 g/mol. The molecule has 1 fully saturated rings. The highest BCUT2D eigenvalue weighted by molar-refractivity contribution is 5.84. The van der Waals surface area contributed by atoms with E-state index in [0.717, 1.165) is 25.7 Å². The number of fused-ring (bicyclic) bond motifs is 1. The Balaban J connectivity index is 1.93. The molecule has 1 unspecified atom stereocenters. The van der Waals surface area contributed by atoms with Crippen LogP contribution in [0.2, 0.25) is 0 Å². The van der Waals surface area contributed by atoms with Crippen LogP contribution in [0.1, 0.15) is 31.4 Å². The zero-order valence-corrected chi connectivity index (χ0v) is 12.4. The third-order valence-corrected chi connectivity index (χ3v) is 4.51. The number of aromatic nitrogens is 1. The third kappa shape index (κ3) is 2.60. The Bertz CT molecular complexity index is 569. The molecule has 1 N–H and O–H groups in total. The largest absolute Gasteiger partial charge is 0.381 e. The Labute approximate surface area is 120 Å². The molecule has 3 rings (SSSR count). The van der Waals surface area contributed by atoms with Gasteiger partial charge < -0.3 is 14.6 Å². The SMILES string of the molecule is CNC(C)c1cn(CC2CCOCC2)c2ccccc12. The molecule has 1 aliphatic heterocycles. The van der Waals surface area contributed by atoms with E-state index in [9.17, 15) is 0 Å². The number of rotatable bonds is 4. The van der Waals surface area contributed by atoms with E-state index in [4.69, 9.17) is 4.74 Å². The van der Waals surface area contributed by atoms with Crippen LogP contribution in [0.5, 0.6) is 0 Å². The van der Waals surface area contributed by atoms with Gasteiger partial charge >= 0.3 is 0 Å². The molecule has 3 heteroatoms. The fourth-order valence-electron chi connectivity index (χ4n) is 3.13. The van der Waals surface area contributed by atoms with Crippen molar-refractivity contribution in [1.29, 1.82) is 0 Å². The molecule has 1 saturated heterocycles. The summed E-state index contributed by atoms with van der Waals surface area (Å²) in [5.41, 5.74) is 2.76. The van der Waals surface area contributed by atoms with Crippen molar-refractivity contribution in [3.8, 4) is 0 Å². The van der Waals surface area contributed by atoms with Gasteiger partial charge in [-0.05, 0) is 44.4 Å². The molecular formula is C17H24N2O. The highest BCUT2D eigenvalue weighted by Crippen LogP contribution is 2.28. The molecule has 0 bridgehead atoms. The zero-order valence-electron chi connectivity index (χ0n) is 12.4. The minimum atomic E-state index is 0.385. The van der Waals surface area contributed by atoms with Gasteiger partial charge in [-0.15, -0.1) is 0 Å². The Kier molecular flexibility index (Phi) is 4.08. The molecule has 0 saturated carbocycles. The van der Waals surface area contributed by atoms with Crippen molar-refractivity contribution < 1.29 is 4.74 Å². The van der Waals surface area contributed by atoms with Crippen molar-refractivity contribution in [3.05, 3.63) is 36.0 Å². The molecule has 1 aromatic heterocycles. The molecule has 3 nitrogen and oxygen atoms in total. The fraction of sp³-hybridized carbons (Fsp3) is 0.529. The molecule has 0 amide bonds. The summed E-state index contributed by atoms with van der Waals surface area (Å²) in [7, 11) is 2.02.